The van der Waals surface area contributed by atoms with Gasteiger partial charge in [-0.05, 0) is 55.7 Å². The molecule has 2 N–H and O–H groups in total. The van der Waals surface area contributed by atoms with E-state index in [1.165, 1.54) is 11.1 Å². The molecular formula is C20H27N2O2+. The van der Waals surface area contributed by atoms with Gasteiger partial charge in [-0.25, -0.2) is 0 Å². The predicted octanol–water partition coefficient (Wildman–Crippen LogP) is 2.14. The molecule has 1 amide bonds. The Hall–Kier alpha value is -2.33. The summed E-state index contributed by atoms with van der Waals surface area (Å²) in [6.07, 6.45) is 0. The van der Waals surface area contributed by atoms with Crippen LogP contribution in [0.3, 0.4) is 0 Å². The number of aryl methyl sites for hydroxylation is 2. The predicted molar refractivity (Wildman–Crippen MR) is 97.8 cm³/mol. The molecule has 128 valence electrons. The summed E-state index contributed by atoms with van der Waals surface area (Å²) in [7, 11) is 2.00. The maximum atomic E-state index is 12.2. The van der Waals surface area contributed by atoms with Crippen molar-refractivity contribution >= 4 is 11.6 Å². The summed E-state index contributed by atoms with van der Waals surface area (Å²) in [6, 6.07) is 13.9. The number of amides is 1. The van der Waals surface area contributed by atoms with Crippen molar-refractivity contribution in [1.29, 1.82) is 0 Å². The number of carbonyl (C=O) groups is 1. The summed E-state index contributed by atoms with van der Waals surface area (Å²) < 4.78 is 5.74. The van der Waals surface area contributed by atoms with Crippen molar-refractivity contribution in [2.24, 2.45) is 0 Å². The molecule has 0 radical (unpaired) electrons. The first kappa shape index (κ1) is 18.0. The molecule has 0 saturated heterocycles. The van der Waals surface area contributed by atoms with Gasteiger partial charge in [0, 0.05) is 5.69 Å². The molecule has 0 spiro atoms. The first-order valence-corrected chi connectivity index (χ1v) is 8.32. The van der Waals surface area contributed by atoms with Crippen LogP contribution in [0.25, 0.3) is 0 Å². The van der Waals surface area contributed by atoms with Crippen LogP contribution in [0, 0.1) is 20.8 Å². The van der Waals surface area contributed by atoms with Crippen LogP contribution in [0.15, 0.2) is 42.5 Å². The van der Waals surface area contributed by atoms with Crippen molar-refractivity contribution in [3.8, 4) is 5.75 Å². The number of likely N-dealkylation sites (N-methyl/N-ethyl adjacent to an activating group) is 1. The highest BCUT2D eigenvalue weighted by atomic mass is 16.5. The highest BCUT2D eigenvalue weighted by Crippen LogP contribution is 2.17. The smallest absolute Gasteiger partial charge is 0.279 e. The van der Waals surface area contributed by atoms with Crippen LogP contribution in [0.1, 0.15) is 16.7 Å². The maximum absolute atomic E-state index is 12.2. The fraction of sp³-hybridized carbons (Fsp3) is 0.350. The summed E-state index contributed by atoms with van der Waals surface area (Å²) in [4.78, 5) is 13.3. The lowest BCUT2D eigenvalue weighted by Gasteiger charge is -2.15. The number of quaternary nitrogens is 1. The second-order valence-electron chi connectivity index (χ2n) is 6.34. The molecule has 0 bridgehead atoms. The van der Waals surface area contributed by atoms with Gasteiger partial charge in [0.15, 0.2) is 6.54 Å². The molecule has 0 heterocycles. The van der Waals surface area contributed by atoms with Gasteiger partial charge in [0.1, 0.15) is 18.9 Å². The Balaban J connectivity index is 1.76. The molecule has 2 aromatic carbocycles. The molecule has 0 aliphatic heterocycles. The Bertz CT molecular complexity index is 698. The van der Waals surface area contributed by atoms with E-state index < -0.39 is 0 Å². The van der Waals surface area contributed by atoms with Crippen LogP contribution in [-0.4, -0.2) is 32.7 Å². The van der Waals surface area contributed by atoms with Crippen molar-refractivity contribution in [3.63, 3.8) is 0 Å². The molecule has 2 rings (SSSR count). The van der Waals surface area contributed by atoms with Crippen LogP contribution in [0.5, 0.6) is 5.75 Å². The second kappa shape index (κ2) is 8.50. The summed E-state index contributed by atoms with van der Waals surface area (Å²) in [5.74, 6) is 0.902. The van der Waals surface area contributed by atoms with Crippen molar-refractivity contribution in [3.05, 3.63) is 59.2 Å². The zero-order valence-electron chi connectivity index (χ0n) is 15.0. The van der Waals surface area contributed by atoms with Gasteiger partial charge in [-0.15, -0.1) is 0 Å². The quantitative estimate of drug-likeness (QED) is 0.818. The van der Waals surface area contributed by atoms with Crippen LogP contribution in [-0.2, 0) is 4.79 Å². The topological polar surface area (TPSA) is 42.8 Å². The third-order valence-electron chi connectivity index (χ3n) is 4.13. The summed E-state index contributed by atoms with van der Waals surface area (Å²) in [5.41, 5.74) is 4.37. The van der Waals surface area contributed by atoms with E-state index in [0.29, 0.717) is 13.2 Å². The van der Waals surface area contributed by atoms with Crippen LogP contribution >= 0.6 is 0 Å². The molecule has 1 unspecified atom stereocenters. The average Bonchev–Trinajstić information content (AvgIpc) is 2.52. The van der Waals surface area contributed by atoms with Crippen LogP contribution < -0.4 is 15.0 Å². The number of ether oxygens (including phenoxy) is 1. The Kier molecular flexibility index (Phi) is 6.38. The molecular weight excluding hydrogens is 300 g/mol. The number of nitrogens with one attached hydrogen (secondary N) is 2. The standard InChI is InChI=1S/C20H26N2O2/c1-15-7-5-9-18(13-15)24-12-11-22(4)14-20(23)21-19-10-6-8-16(2)17(19)3/h5-10,13H,11-12,14H2,1-4H3,(H,21,23)/p+1. The van der Waals surface area contributed by atoms with Crippen molar-refractivity contribution in [1.82, 2.24) is 0 Å². The van der Waals surface area contributed by atoms with Gasteiger partial charge in [0.25, 0.3) is 5.91 Å². The highest BCUT2D eigenvalue weighted by molar-refractivity contribution is 5.92. The average molecular weight is 327 g/mol. The maximum Gasteiger partial charge on any atom is 0.279 e. The van der Waals surface area contributed by atoms with E-state index >= 15 is 0 Å². The zero-order chi connectivity index (χ0) is 17.5. The van der Waals surface area contributed by atoms with E-state index in [-0.39, 0.29) is 5.91 Å². The number of benzene rings is 2. The SMILES string of the molecule is Cc1cccc(OCC[NH+](C)CC(=O)Nc2cccc(C)c2C)c1. The molecule has 4 heteroatoms. The zero-order valence-corrected chi connectivity index (χ0v) is 15.0. The van der Waals surface area contributed by atoms with Crippen LogP contribution in [0.4, 0.5) is 5.69 Å². The fourth-order valence-corrected chi connectivity index (χ4v) is 2.49. The minimum Gasteiger partial charge on any atom is -0.488 e. The minimum atomic E-state index is 0.0248. The van der Waals surface area contributed by atoms with Gasteiger partial charge in [-0.3, -0.25) is 4.79 Å². The summed E-state index contributed by atoms with van der Waals surface area (Å²) in [5, 5.41) is 3.00. The Labute approximate surface area is 144 Å². The van der Waals surface area contributed by atoms with Crippen molar-refractivity contribution < 1.29 is 14.4 Å². The Morgan fingerprint density at radius 3 is 2.62 bits per heavy atom. The van der Waals surface area contributed by atoms with Gasteiger partial charge in [-0.2, -0.15) is 0 Å². The third-order valence-corrected chi connectivity index (χ3v) is 4.13. The van der Waals surface area contributed by atoms with Gasteiger partial charge in [-0.1, -0.05) is 24.3 Å². The van der Waals surface area contributed by atoms with Gasteiger partial charge < -0.3 is 15.0 Å². The van der Waals surface area contributed by atoms with E-state index in [1.807, 2.05) is 70.3 Å². The Morgan fingerprint density at radius 2 is 1.88 bits per heavy atom. The van der Waals surface area contributed by atoms with Gasteiger partial charge in [0.2, 0.25) is 0 Å². The molecule has 4 nitrogen and oxygen atoms in total. The Morgan fingerprint density at radius 1 is 1.12 bits per heavy atom. The highest BCUT2D eigenvalue weighted by Gasteiger charge is 2.11. The van der Waals surface area contributed by atoms with E-state index in [1.54, 1.807) is 0 Å². The molecule has 0 saturated carbocycles. The van der Waals surface area contributed by atoms with E-state index in [9.17, 15) is 4.79 Å². The molecule has 2 aromatic rings. The molecule has 0 aliphatic rings. The lowest BCUT2D eigenvalue weighted by atomic mass is 10.1. The number of carbonyl (C=O) groups excluding carboxylic acids is 1. The van der Waals surface area contributed by atoms with E-state index in [4.69, 9.17) is 4.74 Å². The molecule has 24 heavy (non-hydrogen) atoms. The molecule has 0 aromatic heterocycles. The molecule has 1 atom stereocenters. The largest absolute Gasteiger partial charge is 0.488 e. The van der Waals surface area contributed by atoms with Crippen molar-refractivity contribution in [2.75, 3.05) is 32.1 Å². The monoisotopic (exact) mass is 327 g/mol. The van der Waals surface area contributed by atoms with E-state index in [2.05, 4.69) is 5.32 Å². The first-order chi connectivity index (χ1) is 11.5. The summed E-state index contributed by atoms with van der Waals surface area (Å²) >= 11 is 0. The number of hydrogen-bond donors (Lipinski definition) is 2. The normalized spacial score (nSPS) is 11.8. The first-order valence-electron chi connectivity index (χ1n) is 8.32. The number of hydrogen-bond acceptors (Lipinski definition) is 2. The lowest BCUT2D eigenvalue weighted by Crippen LogP contribution is -3.10. The fourth-order valence-electron chi connectivity index (χ4n) is 2.49. The van der Waals surface area contributed by atoms with Crippen molar-refractivity contribution in [2.45, 2.75) is 20.8 Å². The van der Waals surface area contributed by atoms with Gasteiger partial charge in [0.05, 0.1) is 7.05 Å². The minimum absolute atomic E-state index is 0.0248. The number of rotatable bonds is 7. The second-order valence-corrected chi connectivity index (χ2v) is 6.34. The molecule has 0 fully saturated rings. The number of anilines is 1. The lowest BCUT2D eigenvalue weighted by molar-refractivity contribution is -0.871. The van der Waals surface area contributed by atoms with Gasteiger partial charge >= 0.3 is 0 Å². The summed E-state index contributed by atoms with van der Waals surface area (Å²) in [6.45, 7) is 7.90. The third kappa shape index (κ3) is 5.39. The molecule has 0 aliphatic carbocycles. The van der Waals surface area contributed by atoms with Crippen LogP contribution in [0.2, 0.25) is 0 Å². The van der Waals surface area contributed by atoms with E-state index in [0.717, 1.165) is 28.4 Å².